The van der Waals surface area contributed by atoms with Crippen LogP contribution in [0.4, 0.5) is 5.82 Å². The van der Waals surface area contributed by atoms with Gasteiger partial charge >= 0.3 is 0 Å². The fourth-order valence-electron chi connectivity index (χ4n) is 1.76. The molecule has 0 amide bonds. The van der Waals surface area contributed by atoms with E-state index in [2.05, 4.69) is 11.1 Å². The molecule has 0 fully saturated rings. The number of aromatic nitrogens is 2. The first kappa shape index (κ1) is 10.2. The van der Waals surface area contributed by atoms with Crippen molar-refractivity contribution in [2.24, 2.45) is 7.05 Å². The Morgan fingerprint density at radius 2 is 2.25 bits per heavy atom. The summed E-state index contributed by atoms with van der Waals surface area (Å²) in [6, 6.07) is 7.87. The Labute approximate surface area is 94.0 Å². The lowest BCUT2D eigenvalue weighted by Crippen LogP contribution is -2.01. The molecule has 0 saturated carbocycles. The maximum Gasteiger partial charge on any atom is 0.142 e. The summed E-state index contributed by atoms with van der Waals surface area (Å²) in [7, 11) is 1.93. The molecule has 4 nitrogen and oxygen atoms in total. The Bertz CT molecular complexity index is 575. The number of rotatable bonds is 1. The second kappa shape index (κ2) is 3.70. The molecule has 0 saturated heterocycles. The van der Waals surface area contributed by atoms with Gasteiger partial charge in [-0.25, -0.2) is 4.98 Å². The van der Waals surface area contributed by atoms with E-state index in [1.165, 1.54) is 0 Å². The van der Waals surface area contributed by atoms with Crippen LogP contribution in [0.25, 0.3) is 11.3 Å². The van der Waals surface area contributed by atoms with E-state index in [1.807, 2.05) is 42.9 Å². The molecular weight excluding hydrogens is 200 g/mol. The minimum Gasteiger partial charge on any atom is -0.383 e. The van der Waals surface area contributed by atoms with Crippen molar-refractivity contribution in [2.75, 3.05) is 5.73 Å². The second-order valence-corrected chi connectivity index (χ2v) is 3.69. The molecule has 4 heteroatoms. The predicted octanol–water partition coefficient (Wildman–Crippen LogP) is 1.85. The van der Waals surface area contributed by atoms with Crippen LogP contribution in [0.2, 0.25) is 0 Å². The topological polar surface area (TPSA) is 67.6 Å². The van der Waals surface area contributed by atoms with Gasteiger partial charge in [-0.15, -0.1) is 0 Å². The summed E-state index contributed by atoms with van der Waals surface area (Å²) >= 11 is 0. The van der Waals surface area contributed by atoms with E-state index < -0.39 is 0 Å². The quantitative estimate of drug-likeness (QED) is 0.784. The van der Waals surface area contributed by atoms with Gasteiger partial charge in [0.05, 0.1) is 0 Å². The maximum absolute atomic E-state index is 9.10. The number of nitrogen functional groups attached to an aromatic ring is 1. The summed E-state index contributed by atoms with van der Waals surface area (Å²) in [5.41, 5.74) is 8.80. The lowest BCUT2D eigenvalue weighted by Gasteiger charge is -2.08. The first-order valence-electron chi connectivity index (χ1n) is 4.92. The molecule has 2 rings (SSSR count). The third-order valence-electron chi connectivity index (χ3n) is 2.51. The Kier molecular flexibility index (Phi) is 2.37. The van der Waals surface area contributed by atoms with E-state index in [-0.39, 0.29) is 0 Å². The van der Waals surface area contributed by atoms with E-state index in [4.69, 9.17) is 11.0 Å². The summed E-state index contributed by atoms with van der Waals surface area (Å²) in [4.78, 5) is 4.09. The molecule has 2 heterocycles. The molecule has 0 spiro atoms. The van der Waals surface area contributed by atoms with Crippen LogP contribution in [-0.2, 0) is 7.05 Å². The maximum atomic E-state index is 9.10. The van der Waals surface area contributed by atoms with E-state index in [9.17, 15) is 0 Å². The smallest absolute Gasteiger partial charge is 0.142 e. The van der Waals surface area contributed by atoms with Crippen molar-refractivity contribution in [3.8, 4) is 17.3 Å². The average molecular weight is 212 g/mol. The van der Waals surface area contributed by atoms with E-state index in [0.29, 0.717) is 11.4 Å². The number of hydrogen-bond donors (Lipinski definition) is 1. The molecule has 0 aliphatic rings. The van der Waals surface area contributed by atoms with Gasteiger partial charge in [0.25, 0.3) is 0 Å². The zero-order chi connectivity index (χ0) is 11.7. The third kappa shape index (κ3) is 1.52. The van der Waals surface area contributed by atoms with Crippen molar-refractivity contribution in [1.82, 2.24) is 9.55 Å². The van der Waals surface area contributed by atoms with Gasteiger partial charge in [-0.2, -0.15) is 5.26 Å². The second-order valence-electron chi connectivity index (χ2n) is 3.69. The molecule has 0 aromatic carbocycles. The van der Waals surface area contributed by atoms with Crippen LogP contribution in [-0.4, -0.2) is 9.55 Å². The normalized spacial score (nSPS) is 10.1. The van der Waals surface area contributed by atoms with Gasteiger partial charge in [0, 0.05) is 30.2 Å². The summed E-state index contributed by atoms with van der Waals surface area (Å²) in [5, 5.41) is 9.10. The van der Waals surface area contributed by atoms with Crippen LogP contribution in [0, 0.1) is 18.3 Å². The fourth-order valence-corrected chi connectivity index (χ4v) is 1.76. The van der Waals surface area contributed by atoms with Crippen molar-refractivity contribution >= 4 is 5.82 Å². The van der Waals surface area contributed by atoms with Gasteiger partial charge in [-0.3, -0.25) is 0 Å². The number of anilines is 1. The molecule has 0 radical (unpaired) electrons. The Balaban J connectivity index is 2.75. The summed E-state index contributed by atoms with van der Waals surface area (Å²) < 4.78 is 1.95. The number of hydrogen-bond acceptors (Lipinski definition) is 3. The molecule has 2 N–H and O–H groups in total. The fraction of sp³-hybridized carbons (Fsp3) is 0.167. The van der Waals surface area contributed by atoms with E-state index >= 15 is 0 Å². The minimum atomic E-state index is 0.290. The van der Waals surface area contributed by atoms with Crippen molar-refractivity contribution in [3.05, 3.63) is 35.7 Å². The highest BCUT2D eigenvalue weighted by atomic mass is 14.9. The van der Waals surface area contributed by atoms with Gasteiger partial charge < -0.3 is 10.3 Å². The number of nitrogens with two attached hydrogens (primary N) is 1. The Morgan fingerprint density at radius 3 is 2.81 bits per heavy atom. The van der Waals surface area contributed by atoms with Gasteiger partial charge in [0.2, 0.25) is 0 Å². The van der Waals surface area contributed by atoms with Crippen LogP contribution in [0.5, 0.6) is 0 Å². The van der Waals surface area contributed by atoms with Crippen molar-refractivity contribution in [2.45, 2.75) is 6.92 Å². The Hall–Kier alpha value is -2.28. The van der Waals surface area contributed by atoms with Gasteiger partial charge in [-0.05, 0) is 25.1 Å². The van der Waals surface area contributed by atoms with Crippen LogP contribution in [0.15, 0.2) is 24.4 Å². The highest BCUT2D eigenvalue weighted by Gasteiger charge is 2.12. The number of nitriles is 1. The molecule has 16 heavy (non-hydrogen) atoms. The van der Waals surface area contributed by atoms with Gasteiger partial charge in [0.1, 0.15) is 17.5 Å². The monoisotopic (exact) mass is 212 g/mol. The number of nitrogens with zero attached hydrogens (tertiary/aromatic N) is 3. The third-order valence-corrected chi connectivity index (χ3v) is 2.51. The highest BCUT2D eigenvalue weighted by molar-refractivity contribution is 5.73. The first-order valence-corrected chi connectivity index (χ1v) is 4.92. The van der Waals surface area contributed by atoms with Crippen molar-refractivity contribution in [1.29, 1.82) is 5.26 Å². The lowest BCUT2D eigenvalue weighted by atomic mass is 10.1. The van der Waals surface area contributed by atoms with Gasteiger partial charge in [-0.1, -0.05) is 0 Å². The molecular formula is C12H12N4. The zero-order valence-electron chi connectivity index (χ0n) is 9.23. The van der Waals surface area contributed by atoms with E-state index in [0.717, 1.165) is 17.0 Å². The zero-order valence-corrected chi connectivity index (χ0v) is 9.23. The van der Waals surface area contributed by atoms with Gasteiger partial charge in [0.15, 0.2) is 0 Å². The van der Waals surface area contributed by atoms with Crippen LogP contribution >= 0.6 is 0 Å². The minimum absolute atomic E-state index is 0.290. The summed E-state index contributed by atoms with van der Waals surface area (Å²) in [5.74, 6) is 0.290. The molecule has 2 aromatic rings. The predicted molar refractivity (Wildman–Crippen MR) is 62.5 cm³/mol. The molecule has 0 aliphatic carbocycles. The van der Waals surface area contributed by atoms with Crippen molar-refractivity contribution in [3.63, 3.8) is 0 Å². The summed E-state index contributed by atoms with van der Waals surface area (Å²) in [6.45, 7) is 1.87. The molecule has 2 aromatic heterocycles. The molecule has 0 bridgehead atoms. The number of pyridine rings is 1. The molecule has 0 aliphatic heterocycles. The average Bonchev–Trinajstić information content (AvgIpc) is 2.63. The molecule has 0 atom stereocenters. The SMILES string of the molecule is Cc1cc(-c2cccn2C)c(C#N)c(N)n1. The van der Waals surface area contributed by atoms with E-state index in [1.54, 1.807) is 0 Å². The van der Waals surface area contributed by atoms with Crippen LogP contribution in [0.3, 0.4) is 0 Å². The first-order chi connectivity index (χ1) is 7.63. The standard InChI is InChI=1S/C12H12N4/c1-8-6-9(10(7-13)12(14)15-8)11-4-3-5-16(11)2/h3-6H,1-2H3,(H2,14,15). The molecule has 0 unspecified atom stereocenters. The highest BCUT2D eigenvalue weighted by Crippen LogP contribution is 2.26. The number of aryl methyl sites for hydroxylation is 2. The molecule has 80 valence electrons. The Morgan fingerprint density at radius 1 is 1.50 bits per heavy atom. The lowest BCUT2D eigenvalue weighted by molar-refractivity contribution is 0.935. The summed E-state index contributed by atoms with van der Waals surface area (Å²) in [6.07, 6.45) is 1.93. The largest absolute Gasteiger partial charge is 0.383 e. The van der Waals surface area contributed by atoms with Crippen LogP contribution in [0.1, 0.15) is 11.3 Å². The van der Waals surface area contributed by atoms with Crippen molar-refractivity contribution < 1.29 is 0 Å². The van der Waals surface area contributed by atoms with Crippen LogP contribution < -0.4 is 5.73 Å².